The van der Waals surface area contributed by atoms with E-state index < -0.39 is 5.91 Å². The van der Waals surface area contributed by atoms with E-state index in [0.29, 0.717) is 11.4 Å². The summed E-state index contributed by atoms with van der Waals surface area (Å²) in [6.07, 6.45) is 0. The Labute approximate surface area is 116 Å². The Morgan fingerprint density at radius 2 is 1.85 bits per heavy atom. The first-order chi connectivity index (χ1) is 9.54. The van der Waals surface area contributed by atoms with Crippen LogP contribution in [0.25, 0.3) is 0 Å². The standard InChI is InChI=1S/C15H15NO4/c1-16(12-5-3-4-6-14(12)20-2)15(19)11-9-10(17)7-8-13(11)18/h3-9,17-18H,1-2H3. The number of aromatic hydroxyl groups is 2. The minimum Gasteiger partial charge on any atom is -0.508 e. The number of anilines is 1. The van der Waals surface area contributed by atoms with Crippen LogP contribution in [0.2, 0.25) is 0 Å². The zero-order valence-corrected chi connectivity index (χ0v) is 11.2. The van der Waals surface area contributed by atoms with E-state index in [9.17, 15) is 15.0 Å². The zero-order chi connectivity index (χ0) is 14.7. The second-order valence-corrected chi connectivity index (χ2v) is 4.24. The second kappa shape index (κ2) is 5.52. The van der Waals surface area contributed by atoms with Crippen molar-refractivity contribution in [2.24, 2.45) is 0 Å². The lowest BCUT2D eigenvalue weighted by Gasteiger charge is -2.20. The predicted octanol–water partition coefficient (Wildman–Crippen LogP) is 2.38. The number of hydrogen-bond acceptors (Lipinski definition) is 4. The summed E-state index contributed by atoms with van der Waals surface area (Å²) in [6, 6.07) is 10.9. The molecule has 0 saturated carbocycles. The van der Waals surface area contributed by atoms with Crippen molar-refractivity contribution in [3.05, 3.63) is 48.0 Å². The summed E-state index contributed by atoms with van der Waals surface area (Å²) in [7, 11) is 3.09. The van der Waals surface area contributed by atoms with Gasteiger partial charge in [0.25, 0.3) is 5.91 Å². The van der Waals surface area contributed by atoms with Crippen molar-refractivity contribution in [1.29, 1.82) is 0 Å². The number of benzene rings is 2. The Bertz CT molecular complexity index is 640. The lowest BCUT2D eigenvalue weighted by molar-refractivity contribution is 0.0989. The summed E-state index contributed by atoms with van der Waals surface area (Å²) in [5.41, 5.74) is 0.598. The van der Waals surface area contributed by atoms with Gasteiger partial charge in [-0.25, -0.2) is 0 Å². The number of para-hydroxylation sites is 2. The molecule has 0 atom stereocenters. The highest BCUT2D eigenvalue weighted by molar-refractivity contribution is 6.08. The molecule has 5 nitrogen and oxygen atoms in total. The van der Waals surface area contributed by atoms with Gasteiger partial charge in [0.2, 0.25) is 0 Å². The maximum absolute atomic E-state index is 12.4. The molecule has 0 unspecified atom stereocenters. The molecule has 0 aliphatic carbocycles. The van der Waals surface area contributed by atoms with Gasteiger partial charge in [0.15, 0.2) is 0 Å². The molecule has 0 heterocycles. The number of hydrogen-bond donors (Lipinski definition) is 2. The number of carbonyl (C=O) groups is 1. The molecule has 104 valence electrons. The fraction of sp³-hybridized carbons (Fsp3) is 0.133. The van der Waals surface area contributed by atoms with E-state index in [0.717, 1.165) is 0 Å². The van der Waals surface area contributed by atoms with Crippen molar-refractivity contribution in [3.8, 4) is 17.2 Å². The van der Waals surface area contributed by atoms with Crippen molar-refractivity contribution >= 4 is 11.6 Å². The summed E-state index contributed by atoms with van der Waals surface area (Å²) in [5, 5.41) is 19.2. The third-order valence-corrected chi connectivity index (χ3v) is 2.96. The smallest absolute Gasteiger partial charge is 0.262 e. The van der Waals surface area contributed by atoms with E-state index in [-0.39, 0.29) is 17.1 Å². The highest BCUT2D eigenvalue weighted by atomic mass is 16.5. The highest BCUT2D eigenvalue weighted by Crippen LogP contribution is 2.30. The number of ether oxygens (including phenoxy) is 1. The third-order valence-electron chi connectivity index (χ3n) is 2.96. The topological polar surface area (TPSA) is 70.0 Å². The molecule has 2 aromatic rings. The molecule has 0 bridgehead atoms. The van der Waals surface area contributed by atoms with E-state index in [1.165, 1.54) is 30.2 Å². The van der Waals surface area contributed by atoms with E-state index in [4.69, 9.17) is 4.74 Å². The van der Waals surface area contributed by atoms with Crippen LogP contribution in [0.1, 0.15) is 10.4 Å². The fourth-order valence-corrected chi connectivity index (χ4v) is 1.89. The van der Waals surface area contributed by atoms with Gasteiger partial charge in [-0.2, -0.15) is 0 Å². The molecule has 2 rings (SSSR count). The van der Waals surface area contributed by atoms with Crippen LogP contribution in [0.3, 0.4) is 0 Å². The van der Waals surface area contributed by atoms with Crippen LogP contribution in [0.5, 0.6) is 17.2 Å². The van der Waals surface area contributed by atoms with Gasteiger partial charge in [0, 0.05) is 7.05 Å². The second-order valence-electron chi connectivity index (χ2n) is 4.24. The SMILES string of the molecule is COc1ccccc1N(C)C(=O)c1cc(O)ccc1O. The highest BCUT2D eigenvalue weighted by Gasteiger charge is 2.20. The van der Waals surface area contributed by atoms with Gasteiger partial charge in [-0.1, -0.05) is 12.1 Å². The van der Waals surface area contributed by atoms with E-state index in [2.05, 4.69) is 0 Å². The van der Waals surface area contributed by atoms with Crippen molar-refractivity contribution in [2.75, 3.05) is 19.1 Å². The van der Waals surface area contributed by atoms with Crippen molar-refractivity contribution in [3.63, 3.8) is 0 Å². The van der Waals surface area contributed by atoms with Crippen LogP contribution < -0.4 is 9.64 Å². The first-order valence-electron chi connectivity index (χ1n) is 5.97. The minimum absolute atomic E-state index is 0.0263. The summed E-state index contributed by atoms with van der Waals surface area (Å²) < 4.78 is 5.20. The Morgan fingerprint density at radius 1 is 1.15 bits per heavy atom. The summed E-state index contributed by atoms with van der Waals surface area (Å²) >= 11 is 0. The quantitative estimate of drug-likeness (QED) is 0.842. The third kappa shape index (κ3) is 2.51. The lowest BCUT2D eigenvalue weighted by Crippen LogP contribution is -2.26. The normalized spacial score (nSPS) is 10.1. The Balaban J connectivity index is 2.40. The van der Waals surface area contributed by atoms with Crippen LogP contribution in [0.4, 0.5) is 5.69 Å². The van der Waals surface area contributed by atoms with Gasteiger partial charge in [-0.15, -0.1) is 0 Å². The molecule has 0 aliphatic heterocycles. The molecule has 0 aliphatic rings. The van der Waals surface area contributed by atoms with Crippen molar-refractivity contribution < 1.29 is 19.7 Å². The number of phenols is 2. The molecule has 1 amide bonds. The van der Waals surface area contributed by atoms with Crippen molar-refractivity contribution in [2.45, 2.75) is 0 Å². The molecule has 0 aromatic heterocycles. The Kier molecular flexibility index (Phi) is 3.79. The Morgan fingerprint density at radius 3 is 2.55 bits per heavy atom. The van der Waals surface area contributed by atoms with Gasteiger partial charge in [0.1, 0.15) is 17.2 Å². The molecule has 0 radical (unpaired) electrons. The number of methoxy groups -OCH3 is 1. The number of nitrogens with zero attached hydrogens (tertiary/aromatic N) is 1. The summed E-state index contributed by atoms with van der Waals surface area (Å²) in [5.74, 6) is -0.167. The van der Waals surface area contributed by atoms with E-state index >= 15 is 0 Å². The molecule has 2 aromatic carbocycles. The van der Waals surface area contributed by atoms with Crippen LogP contribution in [0.15, 0.2) is 42.5 Å². The largest absolute Gasteiger partial charge is 0.508 e. The number of carbonyl (C=O) groups excluding carboxylic acids is 1. The first-order valence-corrected chi connectivity index (χ1v) is 5.97. The monoisotopic (exact) mass is 273 g/mol. The number of phenolic OH excluding ortho intramolecular Hbond substituents is 2. The average molecular weight is 273 g/mol. The average Bonchev–Trinajstić information content (AvgIpc) is 2.48. The summed E-state index contributed by atoms with van der Waals surface area (Å²) in [4.78, 5) is 13.7. The maximum atomic E-state index is 12.4. The maximum Gasteiger partial charge on any atom is 0.262 e. The Hall–Kier alpha value is -2.69. The molecule has 20 heavy (non-hydrogen) atoms. The molecule has 2 N–H and O–H groups in total. The molecular formula is C15H15NO4. The van der Waals surface area contributed by atoms with Crippen molar-refractivity contribution in [1.82, 2.24) is 0 Å². The van der Waals surface area contributed by atoms with Gasteiger partial charge in [0.05, 0.1) is 18.4 Å². The minimum atomic E-state index is -0.442. The molecule has 0 spiro atoms. The van der Waals surface area contributed by atoms with Crippen LogP contribution in [0, 0.1) is 0 Å². The molecule has 5 heteroatoms. The lowest BCUT2D eigenvalue weighted by atomic mass is 10.1. The first kappa shape index (κ1) is 13.7. The molecular weight excluding hydrogens is 258 g/mol. The van der Waals surface area contributed by atoms with Gasteiger partial charge < -0.3 is 19.8 Å². The van der Waals surface area contributed by atoms with E-state index in [1.54, 1.807) is 31.3 Å². The van der Waals surface area contributed by atoms with Crippen LogP contribution in [-0.4, -0.2) is 30.3 Å². The number of amides is 1. The van der Waals surface area contributed by atoms with Gasteiger partial charge in [-0.05, 0) is 30.3 Å². The molecule has 0 fully saturated rings. The van der Waals surface area contributed by atoms with Gasteiger partial charge >= 0.3 is 0 Å². The number of rotatable bonds is 3. The predicted molar refractivity (Wildman–Crippen MR) is 75.5 cm³/mol. The van der Waals surface area contributed by atoms with E-state index in [1.807, 2.05) is 0 Å². The zero-order valence-electron chi connectivity index (χ0n) is 11.2. The van der Waals surface area contributed by atoms with Crippen LogP contribution >= 0.6 is 0 Å². The summed E-state index contributed by atoms with van der Waals surface area (Å²) in [6.45, 7) is 0. The van der Waals surface area contributed by atoms with Gasteiger partial charge in [-0.3, -0.25) is 4.79 Å². The fourth-order valence-electron chi connectivity index (χ4n) is 1.89. The van der Waals surface area contributed by atoms with Crippen LogP contribution in [-0.2, 0) is 0 Å². The molecule has 0 saturated heterocycles.